The van der Waals surface area contributed by atoms with E-state index < -0.39 is 5.97 Å². The van der Waals surface area contributed by atoms with Crippen LogP contribution in [0.4, 0.5) is 4.39 Å². The van der Waals surface area contributed by atoms with Crippen molar-refractivity contribution in [3.8, 4) is 0 Å². The van der Waals surface area contributed by atoms with Crippen LogP contribution in [0.1, 0.15) is 18.9 Å². The van der Waals surface area contributed by atoms with E-state index in [2.05, 4.69) is 15.9 Å². The van der Waals surface area contributed by atoms with Crippen LogP contribution in [0.25, 0.3) is 0 Å². The summed E-state index contributed by atoms with van der Waals surface area (Å²) in [4.78, 5) is 12.5. The number of hydrogen-bond acceptors (Lipinski definition) is 2. The van der Waals surface area contributed by atoms with Gasteiger partial charge in [0.2, 0.25) is 0 Å². The highest BCUT2D eigenvalue weighted by molar-refractivity contribution is 9.10. The second-order valence-corrected chi connectivity index (χ2v) is 4.69. The van der Waals surface area contributed by atoms with Crippen LogP contribution in [-0.4, -0.2) is 29.1 Å². The lowest BCUT2D eigenvalue weighted by molar-refractivity contribution is -0.138. The van der Waals surface area contributed by atoms with Gasteiger partial charge in [-0.25, -0.2) is 4.39 Å². The van der Waals surface area contributed by atoms with Crippen LogP contribution < -0.4 is 0 Å². The van der Waals surface area contributed by atoms with E-state index in [1.807, 2.05) is 6.92 Å². The molecule has 0 heterocycles. The molecule has 0 aromatic heterocycles. The van der Waals surface area contributed by atoms with Gasteiger partial charge in [0.25, 0.3) is 0 Å². The van der Waals surface area contributed by atoms with E-state index in [1.165, 1.54) is 12.1 Å². The lowest BCUT2D eigenvalue weighted by atomic mass is 10.2. The topological polar surface area (TPSA) is 40.5 Å². The van der Waals surface area contributed by atoms with E-state index in [1.54, 1.807) is 11.0 Å². The lowest BCUT2D eigenvalue weighted by Gasteiger charge is -2.20. The number of rotatable bonds is 6. The number of carbonyl (C=O) groups is 1. The molecule has 1 aromatic rings. The van der Waals surface area contributed by atoms with Crippen molar-refractivity contribution in [3.63, 3.8) is 0 Å². The summed E-state index contributed by atoms with van der Waals surface area (Å²) < 4.78 is 13.9. The Hall–Kier alpha value is -0.940. The molecule has 0 saturated carbocycles. The lowest BCUT2D eigenvalue weighted by Crippen LogP contribution is -2.30. The Kier molecular flexibility index (Phi) is 5.58. The molecule has 0 atom stereocenters. The molecule has 1 N–H and O–H groups in total. The zero-order valence-corrected chi connectivity index (χ0v) is 11.2. The first kappa shape index (κ1) is 14.1. The number of nitrogens with zero attached hydrogens (tertiary/aromatic N) is 1. The summed E-state index contributed by atoms with van der Waals surface area (Å²) >= 11 is 3.34. The van der Waals surface area contributed by atoms with Gasteiger partial charge in [-0.1, -0.05) is 22.9 Å². The molecule has 0 aliphatic rings. The molecular formula is C12H15BrFNO2. The summed E-state index contributed by atoms with van der Waals surface area (Å²) in [7, 11) is 0. The van der Waals surface area contributed by atoms with Crippen LogP contribution in [0.5, 0.6) is 0 Å². The second-order valence-electron chi connectivity index (χ2n) is 3.84. The molecule has 94 valence electrons. The average Bonchev–Trinajstić information content (AvgIpc) is 2.23. The predicted octanol–water partition coefficient (Wildman–Crippen LogP) is 2.88. The van der Waals surface area contributed by atoms with Crippen molar-refractivity contribution >= 4 is 21.9 Å². The highest BCUT2D eigenvalue weighted by Gasteiger charge is 2.11. The van der Waals surface area contributed by atoms with E-state index >= 15 is 0 Å². The van der Waals surface area contributed by atoms with Gasteiger partial charge in [-0.05, 0) is 36.7 Å². The maximum Gasteiger partial charge on any atom is 0.317 e. The van der Waals surface area contributed by atoms with Crippen molar-refractivity contribution in [2.24, 2.45) is 0 Å². The molecule has 1 aromatic carbocycles. The fourth-order valence-corrected chi connectivity index (χ4v) is 2.00. The van der Waals surface area contributed by atoms with Crippen LogP contribution in [0, 0.1) is 5.82 Å². The standard InChI is InChI=1S/C12H15BrFNO2/c1-2-5-15(8-12(16)17)7-9-6-10(14)3-4-11(9)13/h3-4,6H,2,5,7-8H2,1H3,(H,16,17). The summed E-state index contributed by atoms with van der Waals surface area (Å²) in [6, 6.07) is 4.43. The maximum atomic E-state index is 13.1. The largest absolute Gasteiger partial charge is 0.480 e. The van der Waals surface area contributed by atoms with Crippen LogP contribution in [0.2, 0.25) is 0 Å². The first-order chi connectivity index (χ1) is 8.02. The normalized spacial score (nSPS) is 10.8. The molecule has 0 radical (unpaired) electrons. The molecule has 17 heavy (non-hydrogen) atoms. The average molecular weight is 304 g/mol. The molecule has 3 nitrogen and oxygen atoms in total. The van der Waals surface area contributed by atoms with Crippen molar-refractivity contribution < 1.29 is 14.3 Å². The molecule has 0 unspecified atom stereocenters. The third kappa shape index (κ3) is 4.83. The molecule has 5 heteroatoms. The first-order valence-electron chi connectivity index (χ1n) is 5.41. The molecule has 0 aliphatic heterocycles. The predicted molar refractivity (Wildman–Crippen MR) is 67.3 cm³/mol. The van der Waals surface area contributed by atoms with Crippen molar-refractivity contribution in [3.05, 3.63) is 34.1 Å². The van der Waals surface area contributed by atoms with Gasteiger partial charge < -0.3 is 5.11 Å². The second kappa shape index (κ2) is 6.71. The molecule has 0 aliphatic carbocycles. The van der Waals surface area contributed by atoms with Gasteiger partial charge in [-0.2, -0.15) is 0 Å². The third-order valence-corrected chi connectivity index (χ3v) is 3.07. The highest BCUT2D eigenvalue weighted by Crippen LogP contribution is 2.19. The number of carboxylic acid groups (broad SMARTS) is 1. The monoisotopic (exact) mass is 303 g/mol. The summed E-state index contributed by atoms with van der Waals surface area (Å²) in [5.74, 6) is -1.18. The minimum Gasteiger partial charge on any atom is -0.480 e. The Morgan fingerprint density at radius 2 is 2.24 bits per heavy atom. The van der Waals surface area contributed by atoms with Crippen molar-refractivity contribution in [1.82, 2.24) is 4.90 Å². The number of aliphatic carboxylic acids is 1. The summed E-state index contributed by atoms with van der Waals surface area (Å²) in [5.41, 5.74) is 0.764. The van der Waals surface area contributed by atoms with Gasteiger partial charge >= 0.3 is 5.97 Å². The quantitative estimate of drug-likeness (QED) is 0.878. The highest BCUT2D eigenvalue weighted by atomic mass is 79.9. The minimum absolute atomic E-state index is 0.0310. The molecule has 0 saturated heterocycles. The van der Waals surface area contributed by atoms with Crippen LogP contribution >= 0.6 is 15.9 Å². The van der Waals surface area contributed by atoms with Gasteiger partial charge in [0.05, 0.1) is 6.54 Å². The van der Waals surface area contributed by atoms with Crippen molar-refractivity contribution in [2.45, 2.75) is 19.9 Å². The number of benzene rings is 1. The molecule has 0 spiro atoms. The Balaban J connectivity index is 2.77. The van der Waals surface area contributed by atoms with Gasteiger partial charge in [0, 0.05) is 11.0 Å². The van der Waals surface area contributed by atoms with E-state index in [0.717, 1.165) is 16.5 Å². The zero-order chi connectivity index (χ0) is 12.8. The Bertz CT molecular complexity index is 398. The fourth-order valence-electron chi connectivity index (χ4n) is 1.63. The Morgan fingerprint density at radius 1 is 1.53 bits per heavy atom. The molecule has 1 rings (SSSR count). The molecule has 0 amide bonds. The molecule has 0 bridgehead atoms. The van der Waals surface area contributed by atoms with Gasteiger partial charge in [-0.15, -0.1) is 0 Å². The molecule has 0 fully saturated rings. The smallest absolute Gasteiger partial charge is 0.317 e. The maximum absolute atomic E-state index is 13.1. The molecular weight excluding hydrogens is 289 g/mol. The van der Waals surface area contributed by atoms with Gasteiger partial charge in [0.15, 0.2) is 0 Å². The third-order valence-electron chi connectivity index (χ3n) is 2.30. The van der Waals surface area contributed by atoms with Crippen molar-refractivity contribution in [2.75, 3.05) is 13.1 Å². The van der Waals surface area contributed by atoms with Crippen LogP contribution in [0.3, 0.4) is 0 Å². The summed E-state index contributed by atoms with van der Waals surface area (Å²) in [5, 5.41) is 8.78. The van der Waals surface area contributed by atoms with E-state index in [9.17, 15) is 9.18 Å². The van der Waals surface area contributed by atoms with E-state index in [4.69, 9.17) is 5.11 Å². The van der Waals surface area contributed by atoms with Gasteiger partial charge in [0.1, 0.15) is 5.82 Å². The van der Waals surface area contributed by atoms with Crippen molar-refractivity contribution in [1.29, 1.82) is 0 Å². The Morgan fingerprint density at radius 3 is 2.82 bits per heavy atom. The van der Waals surface area contributed by atoms with Gasteiger partial charge in [-0.3, -0.25) is 9.69 Å². The minimum atomic E-state index is -0.869. The fraction of sp³-hybridized carbons (Fsp3) is 0.417. The first-order valence-corrected chi connectivity index (χ1v) is 6.20. The number of hydrogen-bond donors (Lipinski definition) is 1. The zero-order valence-electron chi connectivity index (χ0n) is 9.62. The summed E-state index contributed by atoms with van der Waals surface area (Å²) in [6.45, 7) is 3.06. The number of halogens is 2. The van der Waals surface area contributed by atoms with E-state index in [0.29, 0.717) is 13.1 Å². The van der Waals surface area contributed by atoms with E-state index in [-0.39, 0.29) is 12.4 Å². The SMILES string of the molecule is CCCN(CC(=O)O)Cc1cc(F)ccc1Br. The van der Waals surface area contributed by atoms with Crippen LogP contribution in [-0.2, 0) is 11.3 Å². The van der Waals surface area contributed by atoms with Crippen LogP contribution in [0.15, 0.2) is 22.7 Å². The Labute approximate surface area is 108 Å². The summed E-state index contributed by atoms with van der Waals surface area (Å²) in [6.07, 6.45) is 0.861. The number of carboxylic acids is 1.